The molecule has 1 fully saturated rings. The molecule has 0 spiro atoms. The van der Waals surface area contributed by atoms with Crippen LogP contribution in [0.1, 0.15) is 35.4 Å². The standard InChI is InChI=1S/C21H22N6O2/c1-12-8-14(13-4-5-13)9-15(11-29-3)18(12)27-10-16-19(25-27)22-20(23-21(16)28)17-6-7-26(2)24-17/h6-10,13H,4-5,11H2,1-3H3,(H,22,23,25,28). The first-order valence-electron chi connectivity index (χ1n) is 9.66. The van der Waals surface area contributed by atoms with Crippen molar-refractivity contribution >= 4 is 11.0 Å². The van der Waals surface area contributed by atoms with Crippen LogP contribution in [-0.2, 0) is 18.4 Å². The van der Waals surface area contributed by atoms with Crippen molar-refractivity contribution in [3.63, 3.8) is 0 Å². The molecule has 1 saturated carbocycles. The van der Waals surface area contributed by atoms with E-state index in [1.54, 1.807) is 34.9 Å². The summed E-state index contributed by atoms with van der Waals surface area (Å²) in [7, 11) is 3.51. The van der Waals surface area contributed by atoms with Crippen molar-refractivity contribution in [2.75, 3.05) is 7.11 Å². The SMILES string of the molecule is COCc1cc(C2CC2)cc(C)c1-n1cc2c(=O)[nH]c(-c3ccn(C)n3)nc2n1. The molecule has 1 aromatic carbocycles. The van der Waals surface area contributed by atoms with Crippen LogP contribution in [0.25, 0.3) is 28.2 Å². The number of ether oxygens (including phenoxy) is 1. The highest BCUT2D eigenvalue weighted by molar-refractivity contribution is 5.75. The molecule has 0 aliphatic heterocycles. The van der Waals surface area contributed by atoms with Crippen molar-refractivity contribution in [1.82, 2.24) is 29.5 Å². The number of methoxy groups -OCH3 is 1. The smallest absolute Gasteiger partial charge is 0.262 e. The van der Waals surface area contributed by atoms with Crippen LogP contribution in [0, 0.1) is 6.92 Å². The van der Waals surface area contributed by atoms with Gasteiger partial charge >= 0.3 is 0 Å². The zero-order valence-electron chi connectivity index (χ0n) is 16.6. The number of rotatable bonds is 5. The third-order valence-corrected chi connectivity index (χ3v) is 5.32. The second-order valence-electron chi connectivity index (χ2n) is 7.65. The molecule has 29 heavy (non-hydrogen) atoms. The van der Waals surface area contributed by atoms with Gasteiger partial charge < -0.3 is 9.72 Å². The van der Waals surface area contributed by atoms with Gasteiger partial charge in [-0.2, -0.15) is 5.10 Å². The summed E-state index contributed by atoms with van der Waals surface area (Å²) in [5.74, 6) is 1.06. The first-order valence-corrected chi connectivity index (χ1v) is 9.66. The molecule has 3 aromatic heterocycles. The molecule has 0 atom stereocenters. The summed E-state index contributed by atoms with van der Waals surface area (Å²) in [6.07, 6.45) is 6.03. The van der Waals surface area contributed by atoms with E-state index in [0.29, 0.717) is 35.1 Å². The molecule has 148 valence electrons. The molecule has 1 aliphatic carbocycles. The topological polar surface area (TPSA) is 90.6 Å². The van der Waals surface area contributed by atoms with Crippen molar-refractivity contribution in [2.24, 2.45) is 7.05 Å². The van der Waals surface area contributed by atoms with Gasteiger partial charge in [-0.25, -0.2) is 9.67 Å². The summed E-state index contributed by atoms with van der Waals surface area (Å²) in [5.41, 5.74) is 5.22. The van der Waals surface area contributed by atoms with Gasteiger partial charge in [0.2, 0.25) is 0 Å². The molecule has 4 aromatic rings. The molecule has 8 nitrogen and oxygen atoms in total. The lowest BCUT2D eigenvalue weighted by Crippen LogP contribution is -2.08. The average Bonchev–Trinajstić information content (AvgIpc) is 3.30. The van der Waals surface area contributed by atoms with Crippen LogP contribution in [0.15, 0.2) is 35.4 Å². The van der Waals surface area contributed by atoms with Crippen LogP contribution in [0.3, 0.4) is 0 Å². The molecule has 0 unspecified atom stereocenters. The van der Waals surface area contributed by atoms with Crippen LogP contribution in [0.5, 0.6) is 0 Å². The Bertz CT molecular complexity index is 1280. The minimum atomic E-state index is -0.234. The van der Waals surface area contributed by atoms with Crippen molar-refractivity contribution in [2.45, 2.75) is 32.3 Å². The lowest BCUT2D eigenvalue weighted by Gasteiger charge is -2.14. The molecule has 1 aliphatic rings. The van der Waals surface area contributed by atoms with Crippen LogP contribution < -0.4 is 5.56 Å². The number of aromatic amines is 1. The minimum absolute atomic E-state index is 0.234. The lowest BCUT2D eigenvalue weighted by atomic mass is 10.0. The number of nitrogens with zero attached hydrogens (tertiary/aromatic N) is 5. The van der Waals surface area contributed by atoms with E-state index in [1.807, 2.05) is 7.05 Å². The van der Waals surface area contributed by atoms with E-state index in [4.69, 9.17) is 4.74 Å². The van der Waals surface area contributed by atoms with Gasteiger partial charge in [-0.3, -0.25) is 9.48 Å². The molecule has 3 heterocycles. The molecule has 0 saturated heterocycles. The van der Waals surface area contributed by atoms with Crippen LogP contribution >= 0.6 is 0 Å². The quantitative estimate of drug-likeness (QED) is 0.566. The fourth-order valence-corrected chi connectivity index (χ4v) is 3.82. The normalized spacial score (nSPS) is 14.0. The predicted octanol–water partition coefficient (Wildman–Crippen LogP) is 2.84. The van der Waals surface area contributed by atoms with Gasteiger partial charge in [-0.15, -0.1) is 5.10 Å². The maximum atomic E-state index is 12.7. The summed E-state index contributed by atoms with van der Waals surface area (Å²) in [4.78, 5) is 20.0. The first kappa shape index (κ1) is 17.8. The molecule has 0 bridgehead atoms. The van der Waals surface area contributed by atoms with Gasteiger partial charge in [-0.1, -0.05) is 12.1 Å². The Balaban J connectivity index is 1.66. The Morgan fingerprint density at radius 3 is 2.79 bits per heavy atom. The fourth-order valence-electron chi connectivity index (χ4n) is 3.82. The Kier molecular flexibility index (Phi) is 4.09. The molecular weight excluding hydrogens is 368 g/mol. The second kappa shape index (κ2) is 6.66. The Labute approximate surface area is 167 Å². The van der Waals surface area contributed by atoms with E-state index in [9.17, 15) is 4.79 Å². The van der Waals surface area contributed by atoms with Crippen LogP contribution in [0.2, 0.25) is 0 Å². The number of H-pyrrole nitrogens is 1. The number of benzene rings is 1. The minimum Gasteiger partial charge on any atom is -0.380 e. The van der Waals surface area contributed by atoms with Gasteiger partial charge in [0.05, 0.1) is 12.3 Å². The lowest BCUT2D eigenvalue weighted by molar-refractivity contribution is 0.184. The third kappa shape index (κ3) is 3.15. The number of nitrogens with one attached hydrogen (secondary N) is 1. The van der Waals surface area contributed by atoms with Crippen molar-refractivity contribution < 1.29 is 4.74 Å². The summed E-state index contributed by atoms with van der Waals surface area (Å²) >= 11 is 0. The Morgan fingerprint density at radius 2 is 2.10 bits per heavy atom. The van der Waals surface area contributed by atoms with E-state index in [2.05, 4.69) is 39.2 Å². The Morgan fingerprint density at radius 1 is 1.28 bits per heavy atom. The van der Waals surface area contributed by atoms with E-state index in [1.165, 1.54) is 18.4 Å². The fraction of sp³-hybridized carbons (Fsp3) is 0.333. The molecule has 8 heteroatoms. The van der Waals surface area contributed by atoms with Gasteiger partial charge in [0.1, 0.15) is 11.1 Å². The zero-order chi connectivity index (χ0) is 20.1. The molecule has 1 N–H and O–H groups in total. The zero-order valence-corrected chi connectivity index (χ0v) is 16.6. The van der Waals surface area contributed by atoms with Gasteiger partial charge in [0.15, 0.2) is 11.5 Å². The second-order valence-corrected chi connectivity index (χ2v) is 7.65. The number of fused-ring (bicyclic) bond motifs is 1. The van der Waals surface area contributed by atoms with Gasteiger partial charge in [0, 0.05) is 32.1 Å². The van der Waals surface area contributed by atoms with E-state index < -0.39 is 0 Å². The Hall–Kier alpha value is -3.26. The monoisotopic (exact) mass is 390 g/mol. The van der Waals surface area contributed by atoms with Crippen molar-refractivity contribution in [3.8, 4) is 17.2 Å². The summed E-state index contributed by atoms with van der Waals surface area (Å²) in [5, 5.41) is 9.38. The number of aromatic nitrogens is 6. The molecule has 0 amide bonds. The predicted molar refractivity (Wildman–Crippen MR) is 109 cm³/mol. The average molecular weight is 390 g/mol. The maximum absolute atomic E-state index is 12.7. The molecular formula is C21H22N6O2. The number of aryl methyl sites for hydroxylation is 2. The third-order valence-electron chi connectivity index (χ3n) is 5.32. The van der Waals surface area contributed by atoms with Gasteiger partial charge in [0.25, 0.3) is 5.56 Å². The van der Waals surface area contributed by atoms with Crippen LogP contribution in [0.4, 0.5) is 0 Å². The molecule has 5 rings (SSSR count). The maximum Gasteiger partial charge on any atom is 0.262 e. The highest BCUT2D eigenvalue weighted by atomic mass is 16.5. The summed E-state index contributed by atoms with van der Waals surface area (Å²) < 4.78 is 8.85. The van der Waals surface area contributed by atoms with Crippen molar-refractivity contribution in [3.05, 3.63) is 57.6 Å². The largest absolute Gasteiger partial charge is 0.380 e. The van der Waals surface area contributed by atoms with Gasteiger partial charge in [-0.05, 0) is 42.9 Å². The summed E-state index contributed by atoms with van der Waals surface area (Å²) in [6.45, 7) is 2.56. The number of hydrogen-bond acceptors (Lipinski definition) is 5. The van der Waals surface area contributed by atoms with E-state index >= 15 is 0 Å². The highest BCUT2D eigenvalue weighted by Gasteiger charge is 2.25. The van der Waals surface area contributed by atoms with Crippen molar-refractivity contribution in [1.29, 1.82) is 0 Å². The highest BCUT2D eigenvalue weighted by Crippen LogP contribution is 2.41. The van der Waals surface area contributed by atoms with E-state index in [-0.39, 0.29) is 5.56 Å². The number of hydrogen-bond donors (Lipinski definition) is 1. The summed E-state index contributed by atoms with van der Waals surface area (Å²) in [6, 6.07) is 6.22. The van der Waals surface area contributed by atoms with Crippen LogP contribution in [-0.4, -0.2) is 36.6 Å². The van der Waals surface area contributed by atoms with E-state index in [0.717, 1.165) is 16.8 Å². The first-order chi connectivity index (χ1) is 14.0. The molecule has 0 radical (unpaired) electrons.